The molecule has 1 aliphatic heterocycles. The van der Waals surface area contributed by atoms with Gasteiger partial charge in [0.1, 0.15) is 5.75 Å². The molecule has 2 rings (SSSR count). The number of benzene rings is 1. The van der Waals surface area contributed by atoms with Crippen LogP contribution in [0.3, 0.4) is 0 Å². The highest BCUT2D eigenvalue weighted by Crippen LogP contribution is 2.30. The Bertz CT molecular complexity index is 481. The van der Waals surface area contributed by atoms with Gasteiger partial charge in [-0.3, -0.25) is 9.59 Å². The van der Waals surface area contributed by atoms with Crippen molar-refractivity contribution in [1.82, 2.24) is 0 Å². The number of ether oxygens (including phenoxy) is 1. The van der Waals surface area contributed by atoms with Crippen molar-refractivity contribution in [3.8, 4) is 5.75 Å². The molecule has 0 saturated carbocycles. The van der Waals surface area contributed by atoms with Gasteiger partial charge in [0.15, 0.2) is 0 Å². The van der Waals surface area contributed by atoms with Crippen molar-refractivity contribution >= 4 is 17.4 Å². The molecule has 0 saturated heterocycles. The summed E-state index contributed by atoms with van der Waals surface area (Å²) in [6.45, 7) is 0. The lowest BCUT2D eigenvalue weighted by molar-refractivity contribution is -0.274. The van der Waals surface area contributed by atoms with Crippen LogP contribution in [-0.4, -0.2) is 18.1 Å². The Morgan fingerprint density at radius 2 is 1.88 bits per heavy atom. The number of hydrogen-bond acceptors (Lipinski definition) is 3. The highest BCUT2D eigenvalue weighted by Gasteiger charge is 2.33. The predicted octanol–water partition coefficient (Wildman–Crippen LogP) is 1.72. The highest BCUT2D eigenvalue weighted by atomic mass is 19.4. The Morgan fingerprint density at radius 3 is 2.50 bits per heavy atom. The fourth-order valence-electron chi connectivity index (χ4n) is 1.32. The first-order valence-electron chi connectivity index (χ1n) is 4.12. The molecule has 1 aromatic rings. The number of hydrogen-bond donors (Lipinski definition) is 1. The van der Waals surface area contributed by atoms with Gasteiger partial charge >= 0.3 is 6.36 Å². The molecule has 0 bridgehead atoms. The van der Waals surface area contributed by atoms with Gasteiger partial charge < -0.3 is 10.1 Å². The summed E-state index contributed by atoms with van der Waals surface area (Å²) in [7, 11) is 0. The van der Waals surface area contributed by atoms with Crippen molar-refractivity contribution < 1.29 is 27.5 Å². The van der Waals surface area contributed by atoms with E-state index in [0.717, 1.165) is 18.2 Å². The first kappa shape index (κ1) is 10.5. The van der Waals surface area contributed by atoms with Crippen molar-refractivity contribution in [2.45, 2.75) is 6.36 Å². The summed E-state index contributed by atoms with van der Waals surface area (Å²) in [5, 5.41) is 2.14. The van der Waals surface area contributed by atoms with E-state index in [2.05, 4.69) is 10.1 Å². The molecule has 4 nitrogen and oxygen atoms in total. The number of amides is 1. The van der Waals surface area contributed by atoms with E-state index in [0.29, 0.717) is 0 Å². The van der Waals surface area contributed by atoms with E-state index in [1.807, 2.05) is 0 Å². The summed E-state index contributed by atoms with van der Waals surface area (Å²) in [5.41, 5.74) is 0.0660. The van der Waals surface area contributed by atoms with Crippen LogP contribution in [0, 0.1) is 0 Å². The highest BCUT2D eigenvalue weighted by molar-refractivity contribution is 6.51. The lowest BCUT2D eigenvalue weighted by atomic mass is 10.1. The molecule has 1 aromatic carbocycles. The number of fused-ring (bicyclic) bond motifs is 1. The fraction of sp³-hybridized carbons (Fsp3) is 0.111. The van der Waals surface area contributed by atoms with Gasteiger partial charge in [-0.2, -0.15) is 0 Å². The summed E-state index contributed by atoms with van der Waals surface area (Å²) in [6, 6.07) is 3.03. The van der Waals surface area contributed by atoms with Crippen molar-refractivity contribution in [2.75, 3.05) is 5.32 Å². The van der Waals surface area contributed by atoms with Crippen molar-refractivity contribution in [1.29, 1.82) is 0 Å². The monoisotopic (exact) mass is 231 g/mol. The number of carbonyl (C=O) groups excluding carboxylic acids is 2. The Kier molecular flexibility index (Phi) is 2.11. The smallest absolute Gasteiger partial charge is 0.406 e. The Labute approximate surface area is 87.0 Å². The molecule has 0 fully saturated rings. The average Bonchev–Trinajstić information content (AvgIpc) is 2.40. The molecule has 1 N–H and O–H groups in total. The van der Waals surface area contributed by atoms with Crippen LogP contribution in [0.5, 0.6) is 5.75 Å². The van der Waals surface area contributed by atoms with Gasteiger partial charge in [0.25, 0.3) is 11.7 Å². The quantitative estimate of drug-likeness (QED) is 0.748. The van der Waals surface area contributed by atoms with E-state index >= 15 is 0 Å². The Morgan fingerprint density at radius 1 is 1.19 bits per heavy atom. The van der Waals surface area contributed by atoms with Crippen molar-refractivity contribution in [3.63, 3.8) is 0 Å². The maximum atomic E-state index is 11.9. The van der Waals surface area contributed by atoms with Gasteiger partial charge in [-0.25, -0.2) is 0 Å². The molecule has 0 atom stereocenters. The minimum absolute atomic E-state index is 0.0248. The number of alkyl halides is 3. The third-order valence-corrected chi connectivity index (χ3v) is 1.92. The first-order valence-corrected chi connectivity index (χ1v) is 4.12. The maximum Gasteiger partial charge on any atom is 0.573 e. The standard InChI is InChI=1S/C9H4F3NO3/c10-9(11,12)16-4-1-2-5-6(3-4)13-8(15)7(5)14/h1-3H,(H,13,14,15). The number of Topliss-reactive ketones (excluding diaryl/α,β-unsaturated/α-hetero) is 1. The van der Waals surface area contributed by atoms with Crippen LogP contribution in [0.4, 0.5) is 18.9 Å². The molecule has 0 aromatic heterocycles. The molecule has 1 amide bonds. The van der Waals surface area contributed by atoms with Crippen molar-refractivity contribution in [2.24, 2.45) is 0 Å². The molecule has 0 unspecified atom stereocenters. The molecular weight excluding hydrogens is 227 g/mol. The van der Waals surface area contributed by atoms with E-state index in [4.69, 9.17) is 0 Å². The lowest BCUT2D eigenvalue weighted by Crippen LogP contribution is -2.17. The summed E-state index contributed by atoms with van der Waals surface area (Å²) in [5.74, 6) is -2.12. The molecule has 1 heterocycles. The molecule has 0 spiro atoms. The van der Waals surface area contributed by atoms with Crippen LogP contribution < -0.4 is 10.1 Å². The van der Waals surface area contributed by atoms with E-state index in [1.165, 1.54) is 0 Å². The van der Waals surface area contributed by atoms with E-state index in [1.54, 1.807) is 0 Å². The zero-order chi connectivity index (χ0) is 11.9. The molecule has 84 valence electrons. The second-order valence-electron chi connectivity index (χ2n) is 3.04. The van der Waals surface area contributed by atoms with Crippen LogP contribution in [-0.2, 0) is 4.79 Å². The fourth-order valence-corrected chi connectivity index (χ4v) is 1.32. The molecule has 0 aliphatic carbocycles. The van der Waals surface area contributed by atoms with Crippen LogP contribution in [0.25, 0.3) is 0 Å². The third-order valence-electron chi connectivity index (χ3n) is 1.92. The SMILES string of the molecule is O=C1Nc2cc(OC(F)(F)F)ccc2C1=O. The van der Waals surface area contributed by atoms with Crippen LogP contribution in [0.1, 0.15) is 10.4 Å². The second-order valence-corrected chi connectivity index (χ2v) is 3.04. The Hall–Kier alpha value is -2.05. The maximum absolute atomic E-state index is 11.9. The lowest BCUT2D eigenvalue weighted by Gasteiger charge is -2.09. The van der Waals surface area contributed by atoms with E-state index < -0.39 is 23.8 Å². The molecule has 0 radical (unpaired) electrons. The largest absolute Gasteiger partial charge is 0.573 e. The van der Waals surface area contributed by atoms with Gasteiger partial charge in [-0.1, -0.05) is 0 Å². The number of carbonyl (C=O) groups is 2. The minimum Gasteiger partial charge on any atom is -0.406 e. The summed E-state index contributed by atoms with van der Waals surface area (Å²) < 4.78 is 39.2. The number of halogens is 3. The zero-order valence-electron chi connectivity index (χ0n) is 7.59. The topological polar surface area (TPSA) is 55.4 Å². The third kappa shape index (κ3) is 1.83. The molecule has 7 heteroatoms. The van der Waals surface area contributed by atoms with Gasteiger partial charge in [-0.05, 0) is 12.1 Å². The van der Waals surface area contributed by atoms with Gasteiger partial charge in [-0.15, -0.1) is 13.2 Å². The van der Waals surface area contributed by atoms with Crippen molar-refractivity contribution in [3.05, 3.63) is 23.8 Å². The van der Waals surface area contributed by atoms with Gasteiger partial charge in [0.05, 0.1) is 11.3 Å². The van der Waals surface area contributed by atoms with Crippen LogP contribution in [0.15, 0.2) is 18.2 Å². The van der Waals surface area contributed by atoms with Gasteiger partial charge in [0, 0.05) is 6.07 Å². The Balaban J connectivity index is 2.32. The number of anilines is 1. The average molecular weight is 231 g/mol. The number of rotatable bonds is 1. The molecule has 1 aliphatic rings. The van der Waals surface area contributed by atoms with E-state index in [-0.39, 0.29) is 11.3 Å². The minimum atomic E-state index is -4.80. The predicted molar refractivity (Wildman–Crippen MR) is 46.1 cm³/mol. The summed E-state index contributed by atoms with van der Waals surface area (Å²) in [4.78, 5) is 22.0. The van der Waals surface area contributed by atoms with Crippen LogP contribution in [0.2, 0.25) is 0 Å². The first-order chi connectivity index (χ1) is 7.37. The summed E-state index contributed by atoms with van der Waals surface area (Å²) in [6.07, 6.45) is -4.80. The number of ketones is 1. The molecular formula is C9H4F3NO3. The molecule has 16 heavy (non-hydrogen) atoms. The number of nitrogens with one attached hydrogen (secondary N) is 1. The van der Waals surface area contributed by atoms with E-state index in [9.17, 15) is 22.8 Å². The van der Waals surface area contributed by atoms with Gasteiger partial charge in [0.2, 0.25) is 0 Å². The zero-order valence-corrected chi connectivity index (χ0v) is 7.59. The normalized spacial score (nSPS) is 14.7. The second kappa shape index (κ2) is 3.22. The summed E-state index contributed by atoms with van der Waals surface area (Å²) >= 11 is 0. The van der Waals surface area contributed by atoms with Crippen LogP contribution >= 0.6 is 0 Å².